The van der Waals surface area contributed by atoms with E-state index in [2.05, 4.69) is 31.7 Å². The number of carbonyl (C=O) groups is 1. The van der Waals surface area contributed by atoms with Crippen molar-refractivity contribution in [3.8, 4) is 5.75 Å². The van der Waals surface area contributed by atoms with Crippen molar-refractivity contribution in [2.45, 2.75) is 103 Å². The highest BCUT2D eigenvalue weighted by Crippen LogP contribution is 2.46. The molecule has 0 aliphatic heterocycles. The molecule has 0 unspecified atom stereocenters. The summed E-state index contributed by atoms with van der Waals surface area (Å²) in [4.78, 5) is 11.7. The molecule has 0 aromatic heterocycles. The van der Waals surface area contributed by atoms with E-state index in [0.29, 0.717) is 36.5 Å². The Morgan fingerprint density at radius 2 is 1.50 bits per heavy atom. The van der Waals surface area contributed by atoms with Crippen molar-refractivity contribution in [2.75, 3.05) is 19.8 Å². The van der Waals surface area contributed by atoms with Gasteiger partial charge in [-0.05, 0) is 124 Å². The van der Waals surface area contributed by atoms with Crippen LogP contribution in [0.25, 0.3) is 0 Å². The number of hydrogen-bond donors (Lipinski definition) is 1. The van der Waals surface area contributed by atoms with Gasteiger partial charge in [0.15, 0.2) is 0 Å². The lowest BCUT2D eigenvalue weighted by atomic mass is 9.68. The lowest BCUT2D eigenvalue weighted by Gasteiger charge is -2.38. The van der Waals surface area contributed by atoms with E-state index in [1.807, 2.05) is 0 Å². The van der Waals surface area contributed by atoms with E-state index in [0.717, 1.165) is 23.5 Å². The number of esters is 1. The van der Waals surface area contributed by atoms with Crippen LogP contribution >= 0.6 is 0 Å². The van der Waals surface area contributed by atoms with Crippen molar-refractivity contribution in [2.24, 2.45) is 23.7 Å². The highest BCUT2D eigenvalue weighted by Gasteiger charge is 2.32. The first-order valence-corrected chi connectivity index (χ1v) is 14.6. The second kappa shape index (κ2) is 13.1. The minimum absolute atomic E-state index is 0.251. The van der Waals surface area contributed by atoms with E-state index >= 15 is 0 Å². The van der Waals surface area contributed by atoms with E-state index in [9.17, 15) is 9.90 Å². The van der Waals surface area contributed by atoms with Gasteiger partial charge in [0.05, 0.1) is 0 Å². The van der Waals surface area contributed by atoms with Crippen LogP contribution in [0.3, 0.4) is 0 Å². The minimum Gasteiger partial charge on any atom is -0.490 e. The summed E-state index contributed by atoms with van der Waals surface area (Å²) in [6.07, 6.45) is 15.3. The normalized spacial score (nSPS) is 31.0. The summed E-state index contributed by atoms with van der Waals surface area (Å²) in [5.41, 5.74) is 3.18. The Morgan fingerprint density at radius 3 is 2.11 bits per heavy atom. The fraction of sp³-hybridized carbons (Fsp3) is 0.719. The summed E-state index contributed by atoms with van der Waals surface area (Å²) in [5, 5.41) is 9.46. The Morgan fingerprint density at radius 1 is 0.889 bits per heavy atom. The van der Waals surface area contributed by atoms with E-state index in [1.54, 1.807) is 6.92 Å². The number of aliphatic hydroxyl groups excluding tert-OH is 1. The Bertz CT molecular complexity index is 853. The molecule has 0 amide bonds. The first-order valence-electron chi connectivity index (χ1n) is 14.6. The maximum Gasteiger partial charge on any atom is 0.333 e. The lowest BCUT2D eigenvalue weighted by molar-refractivity contribution is -0.139. The third kappa shape index (κ3) is 7.15. The van der Waals surface area contributed by atoms with Gasteiger partial charge < -0.3 is 14.6 Å². The fourth-order valence-corrected chi connectivity index (χ4v) is 7.01. The van der Waals surface area contributed by atoms with Crippen molar-refractivity contribution >= 4 is 5.97 Å². The van der Waals surface area contributed by atoms with Gasteiger partial charge >= 0.3 is 5.97 Å². The largest absolute Gasteiger partial charge is 0.490 e. The van der Waals surface area contributed by atoms with Crippen LogP contribution in [0.1, 0.15) is 114 Å². The van der Waals surface area contributed by atoms with Crippen LogP contribution in [0.15, 0.2) is 30.4 Å². The van der Waals surface area contributed by atoms with Gasteiger partial charge in [0.2, 0.25) is 0 Å². The molecule has 0 spiro atoms. The SMILES string of the molecule is C=C(C)C(=O)OCCOc1cc(C2CCC(C3CCC(CO)CC3)CC2)ccc1C1CCC(C)CC1. The zero-order valence-corrected chi connectivity index (χ0v) is 22.7. The molecule has 0 atom stereocenters. The standard InChI is InChI=1S/C32H48O4/c1-22(2)32(34)36-19-18-35-31-20-29(16-17-30(31)28-8-4-23(3)5-9-28)27-14-12-26(13-15-27)25-10-6-24(21-33)7-11-25/h16-17,20,23-28,33H,1,4-15,18-19,21H2,2-3H3. The molecular formula is C32H48O4. The Kier molecular flexibility index (Phi) is 9.93. The summed E-state index contributed by atoms with van der Waals surface area (Å²) >= 11 is 0. The van der Waals surface area contributed by atoms with Crippen molar-refractivity contribution in [1.29, 1.82) is 0 Å². The summed E-state index contributed by atoms with van der Waals surface area (Å²) in [7, 11) is 0. The monoisotopic (exact) mass is 496 g/mol. The molecule has 1 N–H and O–H groups in total. The van der Waals surface area contributed by atoms with Crippen molar-refractivity contribution in [3.63, 3.8) is 0 Å². The maximum atomic E-state index is 11.7. The van der Waals surface area contributed by atoms with Gasteiger partial charge in [-0.1, -0.05) is 38.5 Å². The molecule has 0 radical (unpaired) electrons. The number of rotatable bonds is 9. The van der Waals surface area contributed by atoms with Gasteiger partial charge in [-0.2, -0.15) is 0 Å². The average Bonchev–Trinajstić information content (AvgIpc) is 2.91. The summed E-state index contributed by atoms with van der Waals surface area (Å²) in [6, 6.07) is 7.03. The molecule has 0 bridgehead atoms. The van der Waals surface area contributed by atoms with Gasteiger partial charge in [-0.3, -0.25) is 0 Å². The molecule has 0 heterocycles. The van der Waals surface area contributed by atoms with Crippen molar-refractivity contribution in [1.82, 2.24) is 0 Å². The zero-order chi connectivity index (χ0) is 25.5. The molecular weight excluding hydrogens is 448 g/mol. The number of benzene rings is 1. The van der Waals surface area contributed by atoms with Crippen molar-refractivity contribution in [3.05, 3.63) is 41.5 Å². The Labute approximate surface area is 218 Å². The predicted octanol–water partition coefficient (Wildman–Crippen LogP) is 7.55. The van der Waals surface area contributed by atoms with Crippen LogP contribution in [0.2, 0.25) is 0 Å². The molecule has 3 aliphatic carbocycles. The van der Waals surface area contributed by atoms with Crippen LogP contribution in [0.5, 0.6) is 5.75 Å². The molecule has 3 aliphatic rings. The van der Waals surface area contributed by atoms with E-state index < -0.39 is 0 Å². The average molecular weight is 497 g/mol. The maximum absolute atomic E-state index is 11.7. The molecule has 0 saturated heterocycles. The molecule has 4 nitrogen and oxygen atoms in total. The van der Waals surface area contributed by atoms with E-state index in [-0.39, 0.29) is 12.6 Å². The molecule has 36 heavy (non-hydrogen) atoms. The van der Waals surface area contributed by atoms with Crippen LogP contribution in [-0.4, -0.2) is 30.9 Å². The Hall–Kier alpha value is -1.81. The molecule has 3 saturated carbocycles. The fourth-order valence-electron chi connectivity index (χ4n) is 7.01. The number of hydrogen-bond acceptors (Lipinski definition) is 4. The third-order valence-electron chi connectivity index (χ3n) is 9.48. The van der Waals surface area contributed by atoms with Gasteiger partial charge in [0.25, 0.3) is 0 Å². The first-order chi connectivity index (χ1) is 17.4. The molecule has 1 aromatic carbocycles. The number of carbonyl (C=O) groups excluding carboxylic acids is 1. The second-order valence-electron chi connectivity index (χ2n) is 12.1. The van der Waals surface area contributed by atoms with Crippen LogP contribution in [0, 0.1) is 23.7 Å². The first kappa shape index (κ1) is 27.2. The van der Waals surface area contributed by atoms with Crippen molar-refractivity contribution < 1.29 is 19.4 Å². The topological polar surface area (TPSA) is 55.8 Å². The molecule has 4 rings (SSSR count). The van der Waals surface area contributed by atoms with Gasteiger partial charge in [0.1, 0.15) is 19.0 Å². The van der Waals surface area contributed by atoms with Crippen LogP contribution < -0.4 is 4.74 Å². The highest BCUT2D eigenvalue weighted by atomic mass is 16.6. The van der Waals surface area contributed by atoms with Gasteiger partial charge in [-0.25, -0.2) is 4.79 Å². The van der Waals surface area contributed by atoms with Gasteiger partial charge in [-0.15, -0.1) is 0 Å². The predicted molar refractivity (Wildman–Crippen MR) is 145 cm³/mol. The second-order valence-corrected chi connectivity index (χ2v) is 12.1. The van der Waals surface area contributed by atoms with Gasteiger partial charge in [0, 0.05) is 12.2 Å². The minimum atomic E-state index is -0.351. The summed E-state index contributed by atoms with van der Waals surface area (Å²) in [5.74, 6) is 4.92. The quantitative estimate of drug-likeness (QED) is 0.218. The van der Waals surface area contributed by atoms with Crippen LogP contribution in [0.4, 0.5) is 0 Å². The zero-order valence-electron chi connectivity index (χ0n) is 22.7. The Balaban J connectivity index is 1.38. The number of ether oxygens (including phenoxy) is 2. The summed E-state index contributed by atoms with van der Waals surface area (Å²) in [6.45, 7) is 8.68. The lowest BCUT2D eigenvalue weighted by Crippen LogP contribution is -2.26. The molecule has 200 valence electrons. The van der Waals surface area contributed by atoms with E-state index in [4.69, 9.17) is 9.47 Å². The highest BCUT2D eigenvalue weighted by molar-refractivity contribution is 5.86. The third-order valence-corrected chi connectivity index (χ3v) is 9.48. The smallest absolute Gasteiger partial charge is 0.333 e. The molecule has 4 heteroatoms. The molecule has 1 aromatic rings. The van der Waals surface area contributed by atoms with Crippen LogP contribution in [-0.2, 0) is 9.53 Å². The molecule has 3 fully saturated rings. The summed E-state index contributed by atoms with van der Waals surface area (Å²) < 4.78 is 11.6. The number of aliphatic hydroxyl groups is 1. The van der Waals surface area contributed by atoms with E-state index in [1.165, 1.54) is 88.2 Å².